The third-order valence-electron chi connectivity index (χ3n) is 5.26. The first-order valence-corrected chi connectivity index (χ1v) is 10.2. The molecule has 0 aliphatic carbocycles. The minimum Gasteiger partial charge on any atom is -0.367 e. The maximum Gasteiger partial charge on any atom is 0.256 e. The number of hydrogen-bond donors (Lipinski definition) is 1. The van der Waals surface area contributed by atoms with Crippen LogP contribution in [0.2, 0.25) is 0 Å². The first-order valence-electron chi connectivity index (χ1n) is 10.2. The van der Waals surface area contributed by atoms with E-state index in [9.17, 15) is 13.2 Å². The summed E-state index contributed by atoms with van der Waals surface area (Å²) in [5, 5.41) is 3.90. The molecule has 0 unspecified atom stereocenters. The number of aromatic nitrogens is 6. The number of aryl methyl sites for hydroxylation is 1. The first-order chi connectivity index (χ1) is 14.7. The lowest BCUT2D eigenvalue weighted by Crippen LogP contribution is -2.09. The summed E-state index contributed by atoms with van der Waals surface area (Å²) in [4.78, 5) is 12.4. The Labute approximate surface area is 178 Å². The van der Waals surface area contributed by atoms with E-state index in [0.29, 0.717) is 16.9 Å². The van der Waals surface area contributed by atoms with Crippen molar-refractivity contribution in [3.05, 3.63) is 36.2 Å². The van der Waals surface area contributed by atoms with E-state index < -0.39 is 18.8 Å². The van der Waals surface area contributed by atoms with Crippen molar-refractivity contribution >= 4 is 22.6 Å². The molecule has 0 aliphatic rings. The second-order valence-corrected chi connectivity index (χ2v) is 7.42. The van der Waals surface area contributed by atoms with Gasteiger partial charge in [0, 0.05) is 0 Å². The molecule has 31 heavy (non-hydrogen) atoms. The Kier molecular flexibility index (Phi) is 6.77. The summed E-state index contributed by atoms with van der Waals surface area (Å²) in [5.41, 5.74) is 7.05. The van der Waals surface area contributed by atoms with E-state index in [-0.39, 0.29) is 22.9 Å². The molecular weight excluding hydrogens is 407 g/mol. The maximum absolute atomic E-state index is 14.4. The van der Waals surface area contributed by atoms with Gasteiger partial charge in [0.15, 0.2) is 11.5 Å². The van der Waals surface area contributed by atoms with Crippen LogP contribution in [0.4, 0.5) is 19.1 Å². The van der Waals surface area contributed by atoms with Crippen LogP contribution in [0.5, 0.6) is 0 Å². The number of nitrogen functional groups attached to an aromatic ring is 1. The molecule has 7 nitrogen and oxygen atoms in total. The standard InChI is InChI=1S/C15H12F3N7.C6H14/c1-7-21-10-3-2-9(22-14(10)24(7)6-12(17)18)13-8(16)5-25-11(13)4-20-15(19)23-25;1-4-6(3)5-2/h2-5,12H,6H2,1H3,(H2,19,23);6H,4-5H2,1-3H3. The molecule has 4 heterocycles. The van der Waals surface area contributed by atoms with Gasteiger partial charge in [0.1, 0.15) is 11.3 Å². The highest BCUT2D eigenvalue weighted by atomic mass is 19.3. The number of rotatable bonds is 5. The van der Waals surface area contributed by atoms with E-state index >= 15 is 0 Å². The van der Waals surface area contributed by atoms with E-state index in [4.69, 9.17) is 5.73 Å². The van der Waals surface area contributed by atoms with Crippen molar-refractivity contribution in [1.82, 2.24) is 29.1 Å². The van der Waals surface area contributed by atoms with E-state index in [1.54, 1.807) is 19.1 Å². The van der Waals surface area contributed by atoms with Crippen molar-refractivity contribution in [2.75, 3.05) is 5.73 Å². The Morgan fingerprint density at radius 3 is 2.45 bits per heavy atom. The van der Waals surface area contributed by atoms with Crippen molar-refractivity contribution < 1.29 is 13.2 Å². The van der Waals surface area contributed by atoms with Crippen LogP contribution in [0.25, 0.3) is 27.9 Å². The number of pyridine rings is 1. The number of alkyl halides is 2. The molecule has 0 amide bonds. The molecule has 0 fully saturated rings. The number of nitrogens with two attached hydrogens (primary N) is 1. The molecule has 4 aromatic rings. The molecule has 0 radical (unpaired) electrons. The normalized spacial score (nSPS) is 11.5. The zero-order chi connectivity index (χ0) is 22.7. The summed E-state index contributed by atoms with van der Waals surface area (Å²) < 4.78 is 42.6. The number of halogens is 3. The van der Waals surface area contributed by atoms with Crippen LogP contribution < -0.4 is 5.73 Å². The predicted molar refractivity (Wildman–Crippen MR) is 114 cm³/mol. The molecule has 0 bridgehead atoms. The van der Waals surface area contributed by atoms with E-state index in [0.717, 1.165) is 12.1 Å². The van der Waals surface area contributed by atoms with Crippen LogP contribution in [-0.2, 0) is 6.54 Å². The largest absolute Gasteiger partial charge is 0.367 e. The van der Waals surface area contributed by atoms with Gasteiger partial charge in [0.2, 0.25) is 5.95 Å². The first kappa shape index (κ1) is 22.5. The van der Waals surface area contributed by atoms with Crippen molar-refractivity contribution in [2.45, 2.75) is 53.5 Å². The summed E-state index contributed by atoms with van der Waals surface area (Å²) in [6.45, 7) is 7.83. The van der Waals surface area contributed by atoms with Gasteiger partial charge in [0.25, 0.3) is 6.43 Å². The fourth-order valence-corrected chi connectivity index (χ4v) is 3.10. The van der Waals surface area contributed by atoms with E-state index in [1.807, 2.05) is 0 Å². The van der Waals surface area contributed by atoms with Crippen LogP contribution in [0.15, 0.2) is 24.5 Å². The molecule has 166 valence electrons. The van der Waals surface area contributed by atoms with E-state index in [1.165, 1.54) is 28.1 Å². The monoisotopic (exact) mass is 433 g/mol. The molecule has 0 saturated heterocycles. The van der Waals surface area contributed by atoms with Gasteiger partial charge >= 0.3 is 0 Å². The van der Waals surface area contributed by atoms with Crippen LogP contribution in [0.1, 0.15) is 39.4 Å². The van der Waals surface area contributed by atoms with Crippen molar-refractivity contribution in [3.8, 4) is 11.3 Å². The molecule has 4 rings (SSSR count). The molecule has 4 aromatic heterocycles. The fraction of sp³-hybridized carbons (Fsp3) is 0.429. The smallest absolute Gasteiger partial charge is 0.256 e. The molecule has 0 spiro atoms. The topological polar surface area (TPSA) is 86.9 Å². The summed E-state index contributed by atoms with van der Waals surface area (Å²) in [6, 6.07) is 3.20. The highest BCUT2D eigenvalue weighted by Crippen LogP contribution is 2.29. The summed E-state index contributed by atoms with van der Waals surface area (Å²) in [6.07, 6.45) is 2.66. The Morgan fingerprint density at radius 1 is 1.13 bits per heavy atom. The third kappa shape index (κ3) is 4.78. The molecule has 0 saturated carbocycles. The van der Waals surface area contributed by atoms with Gasteiger partial charge in [-0.1, -0.05) is 33.6 Å². The van der Waals surface area contributed by atoms with Crippen molar-refractivity contribution in [2.24, 2.45) is 5.92 Å². The highest BCUT2D eigenvalue weighted by Gasteiger charge is 2.19. The van der Waals surface area contributed by atoms with Gasteiger partial charge in [-0.15, -0.1) is 5.10 Å². The predicted octanol–water partition coefficient (Wildman–Crippen LogP) is 4.88. The van der Waals surface area contributed by atoms with Crippen LogP contribution in [-0.4, -0.2) is 35.6 Å². The van der Waals surface area contributed by atoms with Gasteiger partial charge in [-0.3, -0.25) is 0 Å². The molecule has 2 N–H and O–H groups in total. The molecule has 0 atom stereocenters. The quantitative estimate of drug-likeness (QED) is 0.485. The average Bonchev–Trinajstić information content (AvgIpc) is 3.22. The second-order valence-electron chi connectivity index (χ2n) is 7.42. The van der Waals surface area contributed by atoms with Crippen LogP contribution in [0, 0.1) is 18.7 Å². The third-order valence-corrected chi connectivity index (χ3v) is 5.26. The summed E-state index contributed by atoms with van der Waals surface area (Å²) >= 11 is 0. The van der Waals surface area contributed by atoms with Crippen LogP contribution in [0.3, 0.4) is 0 Å². The lowest BCUT2D eigenvalue weighted by molar-refractivity contribution is 0.127. The number of hydrogen-bond acceptors (Lipinski definition) is 5. The minimum absolute atomic E-state index is 0.00287. The lowest BCUT2D eigenvalue weighted by atomic mass is 10.1. The zero-order valence-electron chi connectivity index (χ0n) is 18.0. The maximum atomic E-state index is 14.4. The number of anilines is 1. The Balaban J connectivity index is 0.000000401. The summed E-state index contributed by atoms with van der Waals surface area (Å²) in [7, 11) is 0. The van der Waals surface area contributed by atoms with Gasteiger partial charge < -0.3 is 10.3 Å². The molecule has 0 aromatic carbocycles. The Bertz CT molecular complexity index is 1180. The molecule has 10 heteroatoms. The average molecular weight is 433 g/mol. The van der Waals surface area contributed by atoms with E-state index in [2.05, 4.69) is 40.8 Å². The van der Waals surface area contributed by atoms with Gasteiger partial charge in [0.05, 0.1) is 35.7 Å². The molecular formula is C21H26F3N7. The number of nitrogens with zero attached hydrogens (tertiary/aromatic N) is 6. The fourth-order valence-electron chi connectivity index (χ4n) is 3.10. The van der Waals surface area contributed by atoms with Gasteiger partial charge in [-0.25, -0.2) is 32.6 Å². The lowest BCUT2D eigenvalue weighted by Gasteiger charge is -2.06. The van der Waals surface area contributed by atoms with Crippen molar-refractivity contribution in [3.63, 3.8) is 0 Å². The van der Waals surface area contributed by atoms with Gasteiger partial charge in [-0.2, -0.15) is 0 Å². The second kappa shape index (κ2) is 9.32. The Hall–Kier alpha value is -3.17. The molecule has 0 aliphatic heterocycles. The van der Waals surface area contributed by atoms with Crippen molar-refractivity contribution in [1.29, 1.82) is 0 Å². The Morgan fingerprint density at radius 2 is 1.84 bits per heavy atom. The highest BCUT2D eigenvalue weighted by molar-refractivity contribution is 5.83. The van der Waals surface area contributed by atoms with Crippen LogP contribution >= 0.6 is 0 Å². The minimum atomic E-state index is -2.55. The number of imidazole rings is 1. The SMILES string of the molecule is CCC(C)CC.Cc1nc2ccc(-c3c(F)cn4nc(N)ncc34)nc2n1CC(F)F. The zero-order valence-corrected chi connectivity index (χ0v) is 18.0. The number of fused-ring (bicyclic) bond motifs is 2. The summed E-state index contributed by atoms with van der Waals surface area (Å²) in [5.74, 6) is 0.787. The van der Waals surface area contributed by atoms with Gasteiger partial charge in [-0.05, 0) is 25.0 Å².